The summed E-state index contributed by atoms with van der Waals surface area (Å²) in [7, 11) is 1.98. The van der Waals surface area contributed by atoms with Gasteiger partial charge in [-0.15, -0.1) is 0 Å². The Labute approximate surface area is 128 Å². The van der Waals surface area contributed by atoms with Gasteiger partial charge in [-0.05, 0) is 6.07 Å². The van der Waals surface area contributed by atoms with Crippen molar-refractivity contribution in [2.45, 2.75) is 6.54 Å². The van der Waals surface area contributed by atoms with Gasteiger partial charge in [0.05, 0.1) is 12.1 Å². The molecule has 1 fully saturated rings. The van der Waals surface area contributed by atoms with Crippen molar-refractivity contribution in [3.8, 4) is 0 Å². The lowest BCUT2D eigenvalue weighted by Gasteiger charge is -2.34. The van der Waals surface area contributed by atoms with Crippen LogP contribution >= 0.6 is 0 Å². The lowest BCUT2D eigenvalue weighted by atomic mass is 10.2. The number of pyridine rings is 1. The first-order valence-corrected chi connectivity index (χ1v) is 7.30. The summed E-state index contributed by atoms with van der Waals surface area (Å²) >= 11 is 0. The highest BCUT2D eigenvalue weighted by atomic mass is 16.2. The van der Waals surface area contributed by atoms with Crippen molar-refractivity contribution in [3.05, 3.63) is 52.5 Å². The van der Waals surface area contributed by atoms with Crippen molar-refractivity contribution in [2.24, 2.45) is 7.05 Å². The van der Waals surface area contributed by atoms with Gasteiger partial charge < -0.3 is 14.5 Å². The Bertz CT molecular complexity index is 692. The van der Waals surface area contributed by atoms with Crippen LogP contribution in [0.25, 0.3) is 0 Å². The smallest absolute Gasteiger partial charge is 0.255 e. The first-order chi connectivity index (χ1) is 10.6. The molecule has 0 radical (unpaired) electrons. The van der Waals surface area contributed by atoms with Crippen LogP contribution in [0, 0.1) is 0 Å². The molecule has 2 aromatic heterocycles. The van der Waals surface area contributed by atoms with E-state index >= 15 is 0 Å². The average molecular weight is 301 g/mol. The van der Waals surface area contributed by atoms with Crippen LogP contribution in [0.1, 0.15) is 16.2 Å². The van der Waals surface area contributed by atoms with Gasteiger partial charge in [-0.2, -0.15) is 0 Å². The lowest BCUT2D eigenvalue weighted by molar-refractivity contribution is 0.0624. The van der Waals surface area contributed by atoms with Crippen LogP contribution in [-0.4, -0.2) is 56.4 Å². The van der Waals surface area contributed by atoms with Crippen molar-refractivity contribution in [2.75, 3.05) is 26.2 Å². The molecule has 0 spiro atoms. The fourth-order valence-corrected chi connectivity index (χ4v) is 2.58. The summed E-state index contributed by atoms with van der Waals surface area (Å²) in [6, 6.07) is 2.95. The van der Waals surface area contributed by atoms with Gasteiger partial charge in [0.1, 0.15) is 5.82 Å². The predicted molar refractivity (Wildman–Crippen MR) is 81.5 cm³/mol. The Kier molecular flexibility index (Phi) is 4.06. The highest BCUT2D eigenvalue weighted by Gasteiger charge is 2.22. The van der Waals surface area contributed by atoms with Crippen LogP contribution in [0.5, 0.6) is 0 Å². The lowest BCUT2D eigenvalue weighted by Crippen LogP contribution is -2.48. The predicted octanol–water partition coefficient (Wildman–Crippen LogP) is 0.0664. The fourth-order valence-electron chi connectivity index (χ4n) is 2.58. The summed E-state index contributed by atoms with van der Waals surface area (Å²) in [4.78, 5) is 34.4. The first kappa shape index (κ1) is 14.5. The molecule has 116 valence electrons. The molecule has 3 heterocycles. The molecule has 0 aliphatic carbocycles. The minimum atomic E-state index is -0.198. The van der Waals surface area contributed by atoms with E-state index in [1.54, 1.807) is 12.3 Å². The second kappa shape index (κ2) is 6.15. The number of H-pyrrole nitrogens is 1. The van der Waals surface area contributed by atoms with E-state index < -0.39 is 0 Å². The summed E-state index contributed by atoms with van der Waals surface area (Å²) in [5, 5.41) is 0. The summed E-state index contributed by atoms with van der Waals surface area (Å²) in [5.74, 6) is 0.994. The van der Waals surface area contributed by atoms with Crippen molar-refractivity contribution in [1.82, 2.24) is 24.3 Å². The van der Waals surface area contributed by atoms with Crippen LogP contribution in [0.2, 0.25) is 0 Å². The number of carbonyl (C=O) groups is 1. The van der Waals surface area contributed by atoms with E-state index in [0.29, 0.717) is 18.7 Å². The third kappa shape index (κ3) is 3.09. The van der Waals surface area contributed by atoms with Crippen LogP contribution in [0.3, 0.4) is 0 Å². The van der Waals surface area contributed by atoms with E-state index in [-0.39, 0.29) is 11.5 Å². The average Bonchev–Trinajstić information content (AvgIpc) is 2.93. The first-order valence-electron chi connectivity index (χ1n) is 7.30. The Balaban J connectivity index is 1.57. The standard InChI is InChI=1S/C15H19N5O2/c1-18-5-4-16-13(18)11-19-6-8-20(9-7-19)15(22)12-2-3-14(21)17-10-12/h2-5,10H,6-9,11H2,1H3,(H,17,21). The third-order valence-electron chi connectivity index (χ3n) is 3.98. The largest absolute Gasteiger partial charge is 0.337 e. The Morgan fingerprint density at radius 2 is 2.05 bits per heavy atom. The molecule has 0 atom stereocenters. The molecular formula is C15H19N5O2. The molecule has 0 aromatic carbocycles. The summed E-state index contributed by atoms with van der Waals surface area (Å²) in [5.41, 5.74) is 0.327. The monoisotopic (exact) mass is 301 g/mol. The molecule has 1 saturated heterocycles. The number of nitrogens with one attached hydrogen (secondary N) is 1. The van der Waals surface area contributed by atoms with Crippen LogP contribution in [0.15, 0.2) is 35.5 Å². The maximum atomic E-state index is 12.4. The Hall–Kier alpha value is -2.41. The van der Waals surface area contributed by atoms with E-state index in [4.69, 9.17) is 0 Å². The summed E-state index contributed by atoms with van der Waals surface area (Å²) in [6.45, 7) is 3.80. The SMILES string of the molecule is Cn1ccnc1CN1CCN(C(=O)c2ccc(=O)[nH]c2)CC1. The van der Waals surface area contributed by atoms with Gasteiger partial charge in [-0.1, -0.05) is 0 Å². The van der Waals surface area contributed by atoms with E-state index in [1.165, 1.54) is 12.3 Å². The van der Waals surface area contributed by atoms with Crippen LogP contribution < -0.4 is 5.56 Å². The van der Waals surface area contributed by atoms with Gasteiger partial charge in [0, 0.05) is 57.9 Å². The molecule has 1 aliphatic heterocycles. The zero-order chi connectivity index (χ0) is 15.5. The number of aromatic nitrogens is 3. The number of hydrogen-bond donors (Lipinski definition) is 1. The molecule has 7 nitrogen and oxygen atoms in total. The number of hydrogen-bond acceptors (Lipinski definition) is 4. The van der Waals surface area contributed by atoms with Gasteiger partial charge in [0.15, 0.2) is 0 Å². The van der Waals surface area contributed by atoms with Gasteiger partial charge in [0.2, 0.25) is 5.56 Å². The topological polar surface area (TPSA) is 74.2 Å². The molecule has 7 heteroatoms. The van der Waals surface area contributed by atoms with Crippen molar-refractivity contribution < 1.29 is 4.79 Å². The summed E-state index contributed by atoms with van der Waals surface area (Å²) in [6.07, 6.45) is 5.21. The molecule has 3 rings (SSSR count). The highest BCUT2D eigenvalue weighted by Crippen LogP contribution is 2.09. The quantitative estimate of drug-likeness (QED) is 0.870. The highest BCUT2D eigenvalue weighted by molar-refractivity contribution is 5.93. The molecule has 0 saturated carbocycles. The minimum Gasteiger partial charge on any atom is -0.337 e. The molecule has 0 unspecified atom stereocenters. The molecule has 2 aromatic rings. The molecular weight excluding hydrogens is 282 g/mol. The van der Waals surface area contributed by atoms with Crippen molar-refractivity contribution in [3.63, 3.8) is 0 Å². The molecule has 0 bridgehead atoms. The van der Waals surface area contributed by atoms with Gasteiger partial charge in [0.25, 0.3) is 5.91 Å². The maximum Gasteiger partial charge on any atom is 0.255 e. The van der Waals surface area contributed by atoms with E-state index in [2.05, 4.69) is 14.9 Å². The molecule has 1 N–H and O–H groups in total. The second-order valence-corrected chi connectivity index (χ2v) is 5.46. The van der Waals surface area contributed by atoms with Gasteiger partial charge in [-0.3, -0.25) is 14.5 Å². The zero-order valence-electron chi connectivity index (χ0n) is 12.5. The third-order valence-corrected chi connectivity index (χ3v) is 3.98. The number of piperazine rings is 1. The zero-order valence-corrected chi connectivity index (χ0v) is 12.5. The number of rotatable bonds is 3. The number of amides is 1. The van der Waals surface area contributed by atoms with Crippen molar-refractivity contribution >= 4 is 5.91 Å². The van der Waals surface area contributed by atoms with Gasteiger partial charge >= 0.3 is 0 Å². The summed E-state index contributed by atoms with van der Waals surface area (Å²) < 4.78 is 2.01. The van der Waals surface area contributed by atoms with E-state index in [0.717, 1.165) is 25.5 Å². The number of aromatic amines is 1. The normalized spacial score (nSPS) is 16.0. The van der Waals surface area contributed by atoms with Gasteiger partial charge in [-0.25, -0.2) is 4.98 Å². The molecule has 1 aliphatic rings. The number of aryl methyl sites for hydroxylation is 1. The Morgan fingerprint density at radius 3 is 2.64 bits per heavy atom. The second-order valence-electron chi connectivity index (χ2n) is 5.46. The maximum absolute atomic E-state index is 12.4. The fraction of sp³-hybridized carbons (Fsp3) is 0.400. The number of carbonyl (C=O) groups excluding carboxylic acids is 1. The molecule has 22 heavy (non-hydrogen) atoms. The van der Waals surface area contributed by atoms with E-state index in [9.17, 15) is 9.59 Å². The Morgan fingerprint density at radius 1 is 1.27 bits per heavy atom. The van der Waals surface area contributed by atoms with Crippen LogP contribution in [-0.2, 0) is 13.6 Å². The van der Waals surface area contributed by atoms with E-state index in [1.807, 2.05) is 22.7 Å². The van der Waals surface area contributed by atoms with Crippen molar-refractivity contribution in [1.29, 1.82) is 0 Å². The number of imidazole rings is 1. The molecule has 1 amide bonds. The minimum absolute atomic E-state index is 0.0344. The number of nitrogens with zero attached hydrogens (tertiary/aromatic N) is 4. The van der Waals surface area contributed by atoms with Crippen LogP contribution in [0.4, 0.5) is 0 Å².